The van der Waals surface area contributed by atoms with Crippen LogP contribution in [0, 0.1) is 0 Å². The number of anilines is 1. The maximum atomic E-state index is 11.8. The minimum Gasteiger partial charge on any atom is -0.508 e. The van der Waals surface area contributed by atoms with Crippen LogP contribution in [-0.4, -0.2) is 36.6 Å². The van der Waals surface area contributed by atoms with Crippen molar-refractivity contribution < 1.29 is 19.4 Å². The van der Waals surface area contributed by atoms with Crippen molar-refractivity contribution in [3.8, 4) is 5.75 Å². The Morgan fingerprint density at radius 2 is 2.06 bits per heavy atom. The van der Waals surface area contributed by atoms with E-state index in [1.807, 2.05) is 0 Å². The van der Waals surface area contributed by atoms with Gasteiger partial charge in [0.25, 0.3) is 0 Å². The number of phenols is 1. The Morgan fingerprint density at radius 1 is 1.29 bits per heavy atom. The number of carbonyl (C=O) groups excluding carboxylic acids is 1. The largest absolute Gasteiger partial charge is 0.508 e. The molecule has 1 unspecified atom stereocenters. The van der Waals surface area contributed by atoms with E-state index in [-0.39, 0.29) is 11.8 Å². The van der Waals surface area contributed by atoms with E-state index in [2.05, 4.69) is 0 Å². The summed E-state index contributed by atoms with van der Waals surface area (Å²) in [5, 5.41) is 9.22. The van der Waals surface area contributed by atoms with Crippen molar-refractivity contribution in [2.75, 3.05) is 24.7 Å². The van der Waals surface area contributed by atoms with Gasteiger partial charge in [-0.3, -0.25) is 4.90 Å². The summed E-state index contributed by atoms with van der Waals surface area (Å²) < 4.78 is 10.7. The quantitative estimate of drug-likeness (QED) is 0.801. The molecule has 2 aliphatic rings. The predicted octanol–water partition coefficient (Wildman–Crippen LogP) is 1.51. The average Bonchev–Trinajstić information content (AvgIpc) is 2.88. The molecule has 1 aromatic rings. The van der Waals surface area contributed by atoms with Crippen LogP contribution < -0.4 is 4.90 Å². The van der Waals surface area contributed by atoms with Crippen molar-refractivity contribution in [1.82, 2.24) is 0 Å². The first-order valence-corrected chi connectivity index (χ1v) is 5.56. The van der Waals surface area contributed by atoms with Gasteiger partial charge >= 0.3 is 6.09 Å². The maximum Gasteiger partial charge on any atom is 0.415 e. The summed E-state index contributed by atoms with van der Waals surface area (Å²) in [7, 11) is 0. The summed E-state index contributed by atoms with van der Waals surface area (Å²) in [6.45, 7) is 1.61. The van der Waals surface area contributed by atoms with Gasteiger partial charge in [-0.25, -0.2) is 4.79 Å². The lowest BCUT2D eigenvalue weighted by Crippen LogP contribution is -2.34. The van der Waals surface area contributed by atoms with Gasteiger partial charge in [0, 0.05) is 12.1 Å². The first-order valence-electron chi connectivity index (χ1n) is 5.56. The molecule has 2 saturated heterocycles. The van der Waals surface area contributed by atoms with Gasteiger partial charge in [-0.2, -0.15) is 0 Å². The Bertz CT molecular complexity index is 436. The lowest BCUT2D eigenvalue weighted by atomic mass is 10.0. The van der Waals surface area contributed by atoms with Gasteiger partial charge in [-0.1, -0.05) is 0 Å². The van der Waals surface area contributed by atoms with Crippen molar-refractivity contribution >= 4 is 11.8 Å². The Morgan fingerprint density at radius 3 is 2.71 bits per heavy atom. The van der Waals surface area contributed by atoms with E-state index < -0.39 is 5.60 Å². The van der Waals surface area contributed by atoms with Crippen molar-refractivity contribution in [3.63, 3.8) is 0 Å². The molecule has 1 N–H and O–H groups in total. The summed E-state index contributed by atoms with van der Waals surface area (Å²) in [5.41, 5.74) is 0.256. The second-order valence-electron chi connectivity index (χ2n) is 4.46. The second kappa shape index (κ2) is 3.63. The fraction of sp³-hybridized carbons (Fsp3) is 0.417. The van der Waals surface area contributed by atoms with E-state index in [0.717, 1.165) is 12.1 Å². The molecule has 3 rings (SSSR count). The molecule has 2 heterocycles. The number of benzene rings is 1. The van der Waals surface area contributed by atoms with E-state index >= 15 is 0 Å². The first kappa shape index (κ1) is 10.4. The normalized spacial score (nSPS) is 27.8. The molecule has 0 aliphatic carbocycles. The highest BCUT2D eigenvalue weighted by atomic mass is 16.6. The SMILES string of the molecule is O=C1OC2(CCOC2)CN1c1ccc(O)cc1. The zero-order chi connectivity index (χ0) is 11.9. The van der Waals surface area contributed by atoms with Gasteiger partial charge in [0.2, 0.25) is 0 Å². The number of amides is 1. The van der Waals surface area contributed by atoms with Gasteiger partial charge in [-0.15, -0.1) is 0 Å². The van der Waals surface area contributed by atoms with Crippen LogP contribution >= 0.6 is 0 Å². The fourth-order valence-electron chi connectivity index (χ4n) is 2.25. The molecule has 5 nitrogen and oxygen atoms in total. The van der Waals surface area contributed by atoms with Gasteiger partial charge < -0.3 is 14.6 Å². The molecule has 90 valence electrons. The topological polar surface area (TPSA) is 59.0 Å². The molecule has 1 aromatic carbocycles. The van der Waals surface area contributed by atoms with Crippen LogP contribution in [0.1, 0.15) is 6.42 Å². The monoisotopic (exact) mass is 235 g/mol. The molecule has 17 heavy (non-hydrogen) atoms. The van der Waals surface area contributed by atoms with Crippen LogP contribution in [0.5, 0.6) is 5.75 Å². The van der Waals surface area contributed by atoms with Crippen LogP contribution in [-0.2, 0) is 9.47 Å². The summed E-state index contributed by atoms with van der Waals surface area (Å²) in [5.74, 6) is 0.181. The second-order valence-corrected chi connectivity index (χ2v) is 4.46. The number of ether oxygens (including phenoxy) is 2. The molecule has 0 bridgehead atoms. The van der Waals surface area contributed by atoms with E-state index in [0.29, 0.717) is 19.8 Å². The highest BCUT2D eigenvalue weighted by Gasteiger charge is 2.48. The number of hydrogen-bond donors (Lipinski definition) is 1. The van der Waals surface area contributed by atoms with E-state index in [1.54, 1.807) is 29.2 Å². The lowest BCUT2D eigenvalue weighted by molar-refractivity contribution is 0.0435. The van der Waals surface area contributed by atoms with Crippen molar-refractivity contribution in [2.45, 2.75) is 12.0 Å². The molecule has 2 aliphatic heterocycles. The number of aromatic hydroxyl groups is 1. The van der Waals surface area contributed by atoms with Crippen LogP contribution in [0.15, 0.2) is 24.3 Å². The summed E-state index contributed by atoms with van der Waals surface area (Å²) in [6.07, 6.45) is 0.397. The highest BCUT2D eigenvalue weighted by molar-refractivity contribution is 5.90. The van der Waals surface area contributed by atoms with Crippen LogP contribution in [0.2, 0.25) is 0 Å². The third kappa shape index (κ3) is 1.72. The van der Waals surface area contributed by atoms with E-state index in [9.17, 15) is 9.90 Å². The molecule has 5 heteroatoms. The minimum absolute atomic E-state index is 0.181. The molecule has 0 saturated carbocycles. The molecule has 1 atom stereocenters. The molecule has 0 radical (unpaired) electrons. The molecular weight excluding hydrogens is 222 g/mol. The minimum atomic E-state index is -0.477. The van der Waals surface area contributed by atoms with Gasteiger partial charge in [0.15, 0.2) is 5.60 Å². The number of hydrogen-bond acceptors (Lipinski definition) is 4. The Kier molecular flexibility index (Phi) is 2.22. The Hall–Kier alpha value is -1.75. The number of rotatable bonds is 1. The third-order valence-electron chi connectivity index (χ3n) is 3.20. The Balaban J connectivity index is 1.85. The lowest BCUT2D eigenvalue weighted by Gasteiger charge is -2.18. The smallest absolute Gasteiger partial charge is 0.415 e. The molecular formula is C12H13NO4. The number of nitrogens with zero attached hydrogens (tertiary/aromatic N) is 1. The number of phenolic OH excluding ortho intramolecular Hbond substituents is 1. The molecule has 0 aromatic heterocycles. The van der Waals surface area contributed by atoms with Gasteiger partial charge in [0.1, 0.15) is 5.75 Å². The molecule has 1 spiro atoms. The van der Waals surface area contributed by atoms with Crippen molar-refractivity contribution in [3.05, 3.63) is 24.3 Å². The Labute approximate surface area is 98.6 Å². The summed E-state index contributed by atoms with van der Waals surface area (Å²) >= 11 is 0. The fourth-order valence-corrected chi connectivity index (χ4v) is 2.25. The zero-order valence-electron chi connectivity index (χ0n) is 9.26. The van der Waals surface area contributed by atoms with E-state index in [4.69, 9.17) is 9.47 Å². The zero-order valence-corrected chi connectivity index (χ0v) is 9.26. The van der Waals surface area contributed by atoms with E-state index in [1.165, 1.54) is 0 Å². The average molecular weight is 235 g/mol. The summed E-state index contributed by atoms with van der Waals surface area (Å²) in [6, 6.07) is 6.51. The van der Waals surface area contributed by atoms with Crippen molar-refractivity contribution in [2.24, 2.45) is 0 Å². The summed E-state index contributed by atoms with van der Waals surface area (Å²) in [4.78, 5) is 13.4. The number of carbonyl (C=O) groups is 1. The standard InChI is InChI=1S/C12H13NO4/c14-10-3-1-9(2-4-10)13-7-12(17-11(13)15)5-6-16-8-12/h1-4,14H,5-8H2. The van der Waals surface area contributed by atoms with Crippen LogP contribution in [0.25, 0.3) is 0 Å². The van der Waals surface area contributed by atoms with Gasteiger partial charge in [-0.05, 0) is 24.3 Å². The van der Waals surface area contributed by atoms with Crippen molar-refractivity contribution in [1.29, 1.82) is 0 Å². The molecule has 2 fully saturated rings. The van der Waals surface area contributed by atoms with Crippen LogP contribution in [0.3, 0.4) is 0 Å². The predicted molar refractivity (Wildman–Crippen MR) is 60.1 cm³/mol. The third-order valence-corrected chi connectivity index (χ3v) is 3.20. The van der Waals surface area contributed by atoms with Gasteiger partial charge in [0.05, 0.1) is 19.8 Å². The molecule has 1 amide bonds. The maximum absolute atomic E-state index is 11.8. The first-order chi connectivity index (χ1) is 8.19. The van der Waals surface area contributed by atoms with Crippen LogP contribution in [0.4, 0.5) is 10.5 Å². The highest BCUT2D eigenvalue weighted by Crippen LogP contribution is 2.34.